The van der Waals surface area contributed by atoms with Crippen molar-refractivity contribution in [2.75, 3.05) is 19.6 Å². The average molecular weight is 242 g/mol. The Hall–Kier alpha value is -0.570. The molecule has 3 nitrogen and oxygen atoms in total. The fraction of sp³-hybridized carbons (Fsp3) is 0.929. The van der Waals surface area contributed by atoms with Crippen LogP contribution in [-0.4, -0.2) is 36.5 Å². The van der Waals surface area contributed by atoms with Crippen LogP contribution in [0.15, 0.2) is 0 Å². The predicted octanol–water partition coefficient (Wildman–Crippen LogP) is 2.80. The fourth-order valence-corrected chi connectivity index (χ4v) is 2.16. The van der Waals surface area contributed by atoms with Crippen molar-refractivity contribution in [2.24, 2.45) is 0 Å². The lowest BCUT2D eigenvalue weighted by Gasteiger charge is -2.21. The number of nitrogens with one attached hydrogen (secondary N) is 1. The maximum Gasteiger partial charge on any atom is 0.223 e. The highest BCUT2D eigenvalue weighted by Crippen LogP contribution is 2.04. The Kier molecular flexibility index (Phi) is 10.2. The van der Waals surface area contributed by atoms with Gasteiger partial charge in [0, 0.05) is 32.1 Å². The average Bonchev–Trinajstić information content (AvgIpc) is 2.31. The minimum atomic E-state index is 0.272. The number of amides is 1. The van der Waals surface area contributed by atoms with Crippen molar-refractivity contribution in [3.63, 3.8) is 0 Å². The lowest BCUT2D eigenvalue weighted by atomic mass is 10.1. The minimum Gasteiger partial charge on any atom is -0.343 e. The van der Waals surface area contributed by atoms with Gasteiger partial charge in [0.25, 0.3) is 0 Å². The molecule has 102 valence electrons. The zero-order chi connectivity index (χ0) is 13.1. The molecule has 0 spiro atoms. The highest BCUT2D eigenvalue weighted by Gasteiger charge is 2.10. The van der Waals surface area contributed by atoms with E-state index in [1.165, 1.54) is 25.7 Å². The summed E-state index contributed by atoms with van der Waals surface area (Å²) in [6, 6.07) is 0.592. The normalized spacial score (nSPS) is 10.9. The van der Waals surface area contributed by atoms with Gasteiger partial charge in [0.05, 0.1) is 0 Å². The van der Waals surface area contributed by atoms with E-state index in [1.807, 2.05) is 18.7 Å². The summed E-state index contributed by atoms with van der Waals surface area (Å²) in [5.74, 6) is 0.272. The molecule has 0 aromatic rings. The zero-order valence-corrected chi connectivity index (χ0v) is 12.1. The monoisotopic (exact) mass is 242 g/mol. The Morgan fingerprint density at radius 3 is 2.00 bits per heavy atom. The third kappa shape index (κ3) is 7.37. The lowest BCUT2D eigenvalue weighted by Crippen LogP contribution is -2.35. The second-order valence-corrected chi connectivity index (χ2v) is 4.54. The summed E-state index contributed by atoms with van der Waals surface area (Å²) in [5, 5.41) is 3.51. The van der Waals surface area contributed by atoms with E-state index in [9.17, 15) is 4.79 Å². The standard InChI is InChI=1S/C14H30N2O/c1-5-9-13(10-6-2)15-12-11-14(17)16(7-3)8-4/h13,15H,5-12H2,1-4H3. The molecule has 0 fully saturated rings. The van der Waals surface area contributed by atoms with Gasteiger partial charge in [-0.05, 0) is 26.7 Å². The van der Waals surface area contributed by atoms with Crippen LogP contribution in [0, 0.1) is 0 Å². The molecule has 0 aliphatic heterocycles. The van der Waals surface area contributed by atoms with Crippen LogP contribution in [0.25, 0.3) is 0 Å². The first-order valence-electron chi connectivity index (χ1n) is 7.20. The Balaban J connectivity index is 3.82. The summed E-state index contributed by atoms with van der Waals surface area (Å²) in [4.78, 5) is 13.7. The van der Waals surface area contributed by atoms with Gasteiger partial charge in [0.1, 0.15) is 0 Å². The van der Waals surface area contributed by atoms with Crippen LogP contribution in [0.2, 0.25) is 0 Å². The van der Waals surface area contributed by atoms with E-state index in [4.69, 9.17) is 0 Å². The predicted molar refractivity (Wildman–Crippen MR) is 74.2 cm³/mol. The fourth-order valence-electron chi connectivity index (χ4n) is 2.16. The van der Waals surface area contributed by atoms with Crippen LogP contribution in [0.3, 0.4) is 0 Å². The SMILES string of the molecule is CCCC(CCC)NCCC(=O)N(CC)CC. The van der Waals surface area contributed by atoms with Crippen LogP contribution >= 0.6 is 0 Å². The molecule has 0 rings (SSSR count). The van der Waals surface area contributed by atoms with E-state index in [0.717, 1.165) is 19.6 Å². The molecule has 0 aromatic carbocycles. The molecule has 0 aliphatic carbocycles. The molecular weight excluding hydrogens is 212 g/mol. The number of rotatable bonds is 10. The van der Waals surface area contributed by atoms with Gasteiger partial charge in [0.15, 0.2) is 0 Å². The van der Waals surface area contributed by atoms with Gasteiger partial charge in [-0.25, -0.2) is 0 Å². The zero-order valence-electron chi connectivity index (χ0n) is 12.1. The summed E-state index contributed by atoms with van der Waals surface area (Å²) in [6.07, 6.45) is 5.48. The van der Waals surface area contributed by atoms with E-state index in [-0.39, 0.29) is 5.91 Å². The molecule has 0 heterocycles. The third-order valence-corrected chi connectivity index (χ3v) is 3.16. The van der Waals surface area contributed by atoms with Crippen molar-refractivity contribution in [3.05, 3.63) is 0 Å². The van der Waals surface area contributed by atoms with Crippen molar-refractivity contribution >= 4 is 5.91 Å². The van der Waals surface area contributed by atoms with Crippen LogP contribution in [0.5, 0.6) is 0 Å². The Morgan fingerprint density at radius 1 is 1.06 bits per heavy atom. The molecule has 0 atom stereocenters. The van der Waals surface area contributed by atoms with Gasteiger partial charge >= 0.3 is 0 Å². The minimum absolute atomic E-state index is 0.272. The molecule has 17 heavy (non-hydrogen) atoms. The number of carbonyl (C=O) groups excluding carboxylic acids is 1. The maximum atomic E-state index is 11.8. The second kappa shape index (κ2) is 10.6. The number of hydrogen-bond donors (Lipinski definition) is 1. The maximum absolute atomic E-state index is 11.8. The molecule has 0 bridgehead atoms. The van der Waals surface area contributed by atoms with Gasteiger partial charge in [-0.3, -0.25) is 4.79 Å². The second-order valence-electron chi connectivity index (χ2n) is 4.54. The van der Waals surface area contributed by atoms with Gasteiger partial charge in [-0.2, -0.15) is 0 Å². The van der Waals surface area contributed by atoms with Crippen molar-refractivity contribution in [1.82, 2.24) is 10.2 Å². The Labute approximate surface area is 107 Å². The van der Waals surface area contributed by atoms with E-state index < -0.39 is 0 Å². The molecule has 0 radical (unpaired) electrons. The van der Waals surface area contributed by atoms with Crippen molar-refractivity contribution in [3.8, 4) is 0 Å². The summed E-state index contributed by atoms with van der Waals surface area (Å²) >= 11 is 0. The van der Waals surface area contributed by atoms with Crippen molar-refractivity contribution in [1.29, 1.82) is 0 Å². The van der Waals surface area contributed by atoms with E-state index >= 15 is 0 Å². The van der Waals surface area contributed by atoms with E-state index in [0.29, 0.717) is 12.5 Å². The third-order valence-electron chi connectivity index (χ3n) is 3.16. The Bertz CT molecular complexity index is 185. The van der Waals surface area contributed by atoms with E-state index in [1.54, 1.807) is 0 Å². The van der Waals surface area contributed by atoms with Crippen molar-refractivity contribution in [2.45, 2.75) is 65.8 Å². The van der Waals surface area contributed by atoms with Gasteiger partial charge in [-0.15, -0.1) is 0 Å². The molecular formula is C14H30N2O. The molecule has 0 unspecified atom stereocenters. The number of hydrogen-bond acceptors (Lipinski definition) is 2. The smallest absolute Gasteiger partial charge is 0.223 e. The van der Waals surface area contributed by atoms with Gasteiger partial charge in [-0.1, -0.05) is 26.7 Å². The molecule has 0 saturated carbocycles. The van der Waals surface area contributed by atoms with Crippen LogP contribution in [-0.2, 0) is 4.79 Å². The highest BCUT2D eigenvalue weighted by molar-refractivity contribution is 5.76. The summed E-state index contributed by atoms with van der Waals surface area (Å²) in [5.41, 5.74) is 0. The molecule has 0 saturated heterocycles. The molecule has 3 heteroatoms. The van der Waals surface area contributed by atoms with Crippen LogP contribution in [0.1, 0.15) is 59.8 Å². The highest BCUT2D eigenvalue weighted by atomic mass is 16.2. The van der Waals surface area contributed by atoms with Crippen molar-refractivity contribution < 1.29 is 4.79 Å². The van der Waals surface area contributed by atoms with Gasteiger partial charge in [0.2, 0.25) is 5.91 Å². The quantitative estimate of drug-likeness (QED) is 0.639. The first kappa shape index (κ1) is 16.4. The van der Waals surface area contributed by atoms with Crippen LogP contribution in [0.4, 0.5) is 0 Å². The molecule has 0 aromatic heterocycles. The summed E-state index contributed by atoms with van der Waals surface area (Å²) in [7, 11) is 0. The number of carbonyl (C=O) groups is 1. The number of nitrogens with zero attached hydrogens (tertiary/aromatic N) is 1. The molecule has 0 aliphatic rings. The molecule has 1 N–H and O–H groups in total. The first-order chi connectivity index (χ1) is 8.19. The summed E-state index contributed by atoms with van der Waals surface area (Å²) in [6.45, 7) is 11.0. The first-order valence-corrected chi connectivity index (χ1v) is 7.20. The van der Waals surface area contributed by atoms with E-state index in [2.05, 4.69) is 19.2 Å². The largest absolute Gasteiger partial charge is 0.343 e. The van der Waals surface area contributed by atoms with Crippen LogP contribution < -0.4 is 5.32 Å². The topological polar surface area (TPSA) is 32.3 Å². The lowest BCUT2D eigenvalue weighted by molar-refractivity contribution is -0.130. The van der Waals surface area contributed by atoms with Gasteiger partial charge < -0.3 is 10.2 Å². The molecule has 1 amide bonds. The summed E-state index contributed by atoms with van der Waals surface area (Å²) < 4.78 is 0. The Morgan fingerprint density at radius 2 is 1.59 bits per heavy atom.